The molecule has 29 heavy (non-hydrogen) atoms. The maximum Gasteiger partial charge on any atom is 0.252 e. The van der Waals surface area contributed by atoms with Crippen LogP contribution in [0.2, 0.25) is 0 Å². The molecule has 1 unspecified atom stereocenters. The molecule has 0 aliphatic carbocycles. The van der Waals surface area contributed by atoms with Gasteiger partial charge in [0.1, 0.15) is 0 Å². The van der Waals surface area contributed by atoms with Crippen molar-refractivity contribution in [3.8, 4) is 0 Å². The number of hydrogen-bond donors (Lipinski definition) is 2. The lowest BCUT2D eigenvalue weighted by Gasteiger charge is -2.37. The minimum Gasteiger partial charge on any atom is -0.381 e. The van der Waals surface area contributed by atoms with E-state index < -0.39 is 0 Å². The maximum atomic E-state index is 12.3. The first-order valence-corrected chi connectivity index (χ1v) is 11.0. The number of aromatic amines is 1. The van der Waals surface area contributed by atoms with Gasteiger partial charge in [0, 0.05) is 55.3 Å². The van der Waals surface area contributed by atoms with Crippen LogP contribution in [0.25, 0.3) is 0 Å². The monoisotopic (exact) mass is 401 g/mol. The largest absolute Gasteiger partial charge is 0.381 e. The molecule has 1 aromatic heterocycles. The first-order valence-electron chi connectivity index (χ1n) is 11.0. The second kappa shape index (κ2) is 11.4. The molecule has 2 rings (SSSR count). The van der Waals surface area contributed by atoms with Gasteiger partial charge in [0.05, 0.1) is 0 Å². The summed E-state index contributed by atoms with van der Waals surface area (Å²) in [6.07, 6.45) is 6.40. The minimum atomic E-state index is 0.0136. The van der Waals surface area contributed by atoms with E-state index in [9.17, 15) is 4.79 Å². The molecule has 0 saturated carbocycles. The molecule has 0 spiro atoms. The van der Waals surface area contributed by atoms with Crippen LogP contribution in [-0.4, -0.2) is 41.7 Å². The topological polar surface area (TPSA) is 57.4 Å². The SMILES string of the molecule is C=C(C)/C(=C\CC(CC)NCc1c(C)cc(C)[nH]c1=O)N(CC)C1CCOCC1. The van der Waals surface area contributed by atoms with Crippen molar-refractivity contribution in [2.45, 2.75) is 78.9 Å². The summed E-state index contributed by atoms with van der Waals surface area (Å²) in [6, 6.07) is 2.88. The fourth-order valence-corrected chi connectivity index (χ4v) is 4.15. The molecule has 1 aromatic rings. The molecule has 2 N–H and O–H groups in total. The van der Waals surface area contributed by atoms with Crippen molar-refractivity contribution < 1.29 is 4.74 Å². The lowest BCUT2D eigenvalue weighted by Crippen LogP contribution is -2.39. The standard InChI is InChI=1S/C24H39N3O2/c1-7-20(25-16-22-18(5)15-19(6)26-24(22)28)9-10-23(17(3)4)27(8-2)21-11-13-29-14-12-21/h10,15,20-21,25H,3,7-9,11-14,16H2,1-2,4-6H3,(H,26,28)/b23-10+. The van der Waals surface area contributed by atoms with E-state index in [0.717, 1.165) is 67.8 Å². The maximum absolute atomic E-state index is 12.3. The van der Waals surface area contributed by atoms with E-state index in [0.29, 0.717) is 18.6 Å². The van der Waals surface area contributed by atoms with Gasteiger partial charge in [0.15, 0.2) is 0 Å². The summed E-state index contributed by atoms with van der Waals surface area (Å²) in [6.45, 7) is 17.9. The van der Waals surface area contributed by atoms with Gasteiger partial charge in [-0.3, -0.25) is 4.79 Å². The third kappa shape index (κ3) is 6.58. The average molecular weight is 402 g/mol. The molecule has 1 saturated heterocycles. The van der Waals surface area contributed by atoms with Crippen LogP contribution < -0.4 is 10.9 Å². The van der Waals surface area contributed by atoms with Gasteiger partial charge in [-0.1, -0.05) is 19.6 Å². The number of nitrogens with one attached hydrogen (secondary N) is 2. The molecule has 1 aliphatic rings. The molecule has 1 fully saturated rings. The molecule has 1 aliphatic heterocycles. The van der Waals surface area contributed by atoms with Crippen molar-refractivity contribution in [1.82, 2.24) is 15.2 Å². The summed E-state index contributed by atoms with van der Waals surface area (Å²) >= 11 is 0. The Kier molecular flexibility index (Phi) is 9.18. The molecule has 5 nitrogen and oxygen atoms in total. The predicted octanol–water partition coefficient (Wildman–Crippen LogP) is 4.21. The molecule has 2 heterocycles. The van der Waals surface area contributed by atoms with Gasteiger partial charge < -0.3 is 19.9 Å². The van der Waals surface area contributed by atoms with Gasteiger partial charge in [-0.05, 0) is 70.6 Å². The van der Waals surface area contributed by atoms with E-state index in [2.05, 4.69) is 48.6 Å². The van der Waals surface area contributed by atoms with Crippen LogP contribution in [-0.2, 0) is 11.3 Å². The molecule has 162 valence electrons. The average Bonchev–Trinajstić information content (AvgIpc) is 2.68. The zero-order chi connectivity index (χ0) is 21.4. The number of allylic oxidation sites excluding steroid dienone is 1. The Morgan fingerprint density at radius 2 is 2.07 bits per heavy atom. The molecule has 5 heteroatoms. The van der Waals surface area contributed by atoms with Crippen molar-refractivity contribution in [3.05, 3.63) is 57.2 Å². The molecule has 0 aromatic carbocycles. The van der Waals surface area contributed by atoms with E-state index in [4.69, 9.17) is 4.74 Å². The summed E-state index contributed by atoms with van der Waals surface area (Å²) in [5.74, 6) is 0. The first-order chi connectivity index (χ1) is 13.9. The molecule has 0 amide bonds. The number of ether oxygens (including phenoxy) is 1. The molecular formula is C24H39N3O2. The zero-order valence-corrected chi connectivity index (χ0v) is 18.9. The van der Waals surface area contributed by atoms with Gasteiger partial charge >= 0.3 is 0 Å². The predicted molar refractivity (Wildman–Crippen MR) is 121 cm³/mol. The summed E-state index contributed by atoms with van der Waals surface area (Å²) in [5, 5.41) is 3.58. The number of nitrogens with zero attached hydrogens (tertiary/aromatic N) is 1. The van der Waals surface area contributed by atoms with Crippen molar-refractivity contribution in [2.24, 2.45) is 0 Å². The van der Waals surface area contributed by atoms with Crippen LogP contribution in [0.5, 0.6) is 0 Å². The summed E-state index contributed by atoms with van der Waals surface area (Å²) in [5.41, 5.74) is 5.16. The summed E-state index contributed by atoms with van der Waals surface area (Å²) < 4.78 is 5.54. The lowest BCUT2D eigenvalue weighted by atomic mass is 10.0. The van der Waals surface area contributed by atoms with Gasteiger partial charge in [-0.15, -0.1) is 0 Å². The third-order valence-electron chi connectivity index (χ3n) is 5.87. The smallest absolute Gasteiger partial charge is 0.252 e. The van der Waals surface area contributed by atoms with Gasteiger partial charge in [0.25, 0.3) is 5.56 Å². The number of aromatic nitrogens is 1. The van der Waals surface area contributed by atoms with Crippen LogP contribution in [0.4, 0.5) is 0 Å². The Bertz CT molecular complexity index is 760. The summed E-state index contributed by atoms with van der Waals surface area (Å²) in [4.78, 5) is 17.7. The highest BCUT2D eigenvalue weighted by atomic mass is 16.5. The number of likely N-dealkylation sites (N-methyl/N-ethyl adjacent to an activating group) is 1. The Hall–Kier alpha value is -1.85. The van der Waals surface area contributed by atoms with Crippen LogP contribution in [0.15, 0.2) is 34.8 Å². The molecular weight excluding hydrogens is 362 g/mol. The Morgan fingerprint density at radius 3 is 2.62 bits per heavy atom. The van der Waals surface area contributed by atoms with E-state index in [1.165, 1.54) is 5.70 Å². The minimum absolute atomic E-state index is 0.0136. The summed E-state index contributed by atoms with van der Waals surface area (Å²) in [7, 11) is 0. The van der Waals surface area contributed by atoms with Crippen LogP contribution in [0, 0.1) is 13.8 Å². The second-order valence-corrected chi connectivity index (χ2v) is 8.16. The highest BCUT2D eigenvalue weighted by Gasteiger charge is 2.22. The van der Waals surface area contributed by atoms with E-state index in [-0.39, 0.29) is 5.56 Å². The van der Waals surface area contributed by atoms with Crippen molar-refractivity contribution in [3.63, 3.8) is 0 Å². The molecule has 0 radical (unpaired) electrons. The number of rotatable bonds is 10. The van der Waals surface area contributed by atoms with Gasteiger partial charge in [0.2, 0.25) is 0 Å². The first kappa shape index (κ1) is 23.4. The quantitative estimate of drug-likeness (QED) is 0.577. The molecule has 1 atom stereocenters. The van der Waals surface area contributed by atoms with Crippen LogP contribution >= 0.6 is 0 Å². The number of pyridine rings is 1. The number of aryl methyl sites for hydroxylation is 2. The Balaban J connectivity index is 2.07. The highest BCUT2D eigenvalue weighted by Crippen LogP contribution is 2.24. The zero-order valence-electron chi connectivity index (χ0n) is 18.9. The third-order valence-corrected chi connectivity index (χ3v) is 5.87. The molecule has 0 bridgehead atoms. The van der Waals surface area contributed by atoms with Crippen LogP contribution in [0.1, 0.15) is 63.3 Å². The van der Waals surface area contributed by atoms with Gasteiger partial charge in [-0.2, -0.15) is 0 Å². The van der Waals surface area contributed by atoms with Crippen molar-refractivity contribution >= 4 is 0 Å². The normalized spacial score (nSPS) is 16.7. The van der Waals surface area contributed by atoms with Crippen molar-refractivity contribution in [2.75, 3.05) is 19.8 Å². The highest BCUT2D eigenvalue weighted by molar-refractivity contribution is 5.27. The van der Waals surface area contributed by atoms with E-state index in [1.807, 2.05) is 19.9 Å². The fraction of sp³-hybridized carbons (Fsp3) is 0.625. The van der Waals surface area contributed by atoms with Gasteiger partial charge in [-0.25, -0.2) is 0 Å². The Morgan fingerprint density at radius 1 is 1.38 bits per heavy atom. The second-order valence-electron chi connectivity index (χ2n) is 8.16. The van der Waals surface area contributed by atoms with Crippen molar-refractivity contribution in [1.29, 1.82) is 0 Å². The Labute approximate surface area is 176 Å². The van der Waals surface area contributed by atoms with E-state index >= 15 is 0 Å². The van der Waals surface area contributed by atoms with Crippen LogP contribution in [0.3, 0.4) is 0 Å². The number of hydrogen-bond acceptors (Lipinski definition) is 4. The van der Waals surface area contributed by atoms with E-state index in [1.54, 1.807) is 0 Å². The lowest BCUT2D eigenvalue weighted by molar-refractivity contribution is 0.0477. The fourth-order valence-electron chi connectivity index (χ4n) is 4.15. The number of H-pyrrole nitrogens is 1.